The lowest BCUT2D eigenvalue weighted by atomic mass is 10.0. The number of carbonyl (C=O) groups is 2. The van der Waals surface area contributed by atoms with Crippen molar-refractivity contribution in [3.8, 4) is 22.5 Å². The molecule has 3 aromatic carbocycles. The van der Waals surface area contributed by atoms with E-state index in [9.17, 15) is 19.7 Å². The summed E-state index contributed by atoms with van der Waals surface area (Å²) >= 11 is 4.57. The SMILES string of the molecule is O=C(COC(=O)c1cc(-c2ccc(Br)cc2)nc2ccccc12)Nc1nc(-c2cccc([N+](=O)[O-])c2)cs1. The van der Waals surface area contributed by atoms with E-state index < -0.39 is 23.4 Å². The first-order chi connectivity index (χ1) is 18.4. The van der Waals surface area contributed by atoms with Gasteiger partial charge in [0.1, 0.15) is 0 Å². The van der Waals surface area contributed by atoms with Gasteiger partial charge in [-0.15, -0.1) is 11.3 Å². The Labute approximate surface area is 228 Å². The Morgan fingerprint density at radius 3 is 2.53 bits per heavy atom. The Kier molecular flexibility index (Phi) is 7.20. The summed E-state index contributed by atoms with van der Waals surface area (Å²) in [5, 5.41) is 16.2. The quantitative estimate of drug-likeness (QED) is 0.131. The maximum Gasteiger partial charge on any atom is 0.339 e. The number of fused-ring (bicyclic) bond motifs is 1. The van der Waals surface area contributed by atoms with Gasteiger partial charge in [-0.2, -0.15) is 0 Å². The topological polar surface area (TPSA) is 124 Å². The molecule has 0 aliphatic carbocycles. The van der Waals surface area contributed by atoms with Crippen LogP contribution in [0.3, 0.4) is 0 Å². The molecule has 0 atom stereocenters. The first kappa shape index (κ1) is 25.2. The molecule has 2 aromatic heterocycles. The highest BCUT2D eigenvalue weighted by atomic mass is 79.9. The molecule has 0 unspecified atom stereocenters. The van der Waals surface area contributed by atoms with Gasteiger partial charge >= 0.3 is 5.97 Å². The third-order valence-electron chi connectivity index (χ3n) is 5.51. The number of nitro groups is 1. The van der Waals surface area contributed by atoms with Crippen molar-refractivity contribution in [2.75, 3.05) is 11.9 Å². The number of esters is 1. The van der Waals surface area contributed by atoms with Gasteiger partial charge in [0.2, 0.25) is 0 Å². The largest absolute Gasteiger partial charge is 0.452 e. The van der Waals surface area contributed by atoms with Crippen LogP contribution < -0.4 is 5.32 Å². The number of benzene rings is 3. The number of aromatic nitrogens is 2. The number of ether oxygens (including phenoxy) is 1. The molecule has 11 heteroatoms. The summed E-state index contributed by atoms with van der Waals surface area (Å²) < 4.78 is 6.25. The molecule has 0 spiro atoms. The molecule has 188 valence electrons. The van der Waals surface area contributed by atoms with Gasteiger partial charge in [0, 0.05) is 38.5 Å². The van der Waals surface area contributed by atoms with Crippen molar-refractivity contribution in [1.82, 2.24) is 9.97 Å². The van der Waals surface area contributed by atoms with Gasteiger partial charge in [-0.3, -0.25) is 20.2 Å². The first-order valence-electron chi connectivity index (χ1n) is 11.2. The number of amides is 1. The second-order valence-corrected chi connectivity index (χ2v) is 9.82. The maximum atomic E-state index is 13.0. The van der Waals surface area contributed by atoms with E-state index in [-0.39, 0.29) is 10.8 Å². The highest BCUT2D eigenvalue weighted by Gasteiger charge is 2.18. The Morgan fingerprint density at radius 1 is 0.947 bits per heavy atom. The predicted molar refractivity (Wildman–Crippen MR) is 148 cm³/mol. The molecule has 0 saturated heterocycles. The van der Waals surface area contributed by atoms with E-state index in [4.69, 9.17) is 4.74 Å². The van der Waals surface area contributed by atoms with Crippen LogP contribution in [0.4, 0.5) is 10.8 Å². The molecule has 0 radical (unpaired) electrons. The number of nitrogens with one attached hydrogen (secondary N) is 1. The van der Waals surface area contributed by atoms with Gasteiger partial charge in [-0.25, -0.2) is 14.8 Å². The van der Waals surface area contributed by atoms with Crippen LogP contribution in [-0.4, -0.2) is 33.4 Å². The Hall–Kier alpha value is -4.48. The minimum atomic E-state index is -0.659. The summed E-state index contributed by atoms with van der Waals surface area (Å²) in [7, 11) is 0. The number of hydrogen-bond acceptors (Lipinski definition) is 8. The van der Waals surface area contributed by atoms with Crippen LogP contribution in [0.5, 0.6) is 0 Å². The van der Waals surface area contributed by atoms with Gasteiger partial charge < -0.3 is 4.74 Å². The summed E-state index contributed by atoms with van der Waals surface area (Å²) in [4.78, 5) is 45.0. The number of pyridine rings is 1. The highest BCUT2D eigenvalue weighted by Crippen LogP contribution is 2.28. The molecule has 0 saturated carbocycles. The lowest BCUT2D eigenvalue weighted by Gasteiger charge is -2.10. The second kappa shape index (κ2) is 10.9. The summed E-state index contributed by atoms with van der Waals surface area (Å²) in [5.74, 6) is -1.22. The lowest BCUT2D eigenvalue weighted by molar-refractivity contribution is -0.384. The summed E-state index contributed by atoms with van der Waals surface area (Å²) in [5.41, 5.74) is 3.32. The van der Waals surface area contributed by atoms with Crippen molar-refractivity contribution < 1.29 is 19.2 Å². The first-order valence-corrected chi connectivity index (χ1v) is 12.9. The Balaban J connectivity index is 1.29. The number of para-hydroxylation sites is 1. The van der Waals surface area contributed by atoms with Crippen LogP contribution in [0.25, 0.3) is 33.4 Å². The number of nitrogens with zero attached hydrogens (tertiary/aromatic N) is 3. The van der Waals surface area contributed by atoms with E-state index in [1.165, 1.54) is 12.1 Å². The molecule has 38 heavy (non-hydrogen) atoms. The van der Waals surface area contributed by atoms with Crippen LogP contribution in [0, 0.1) is 10.1 Å². The molecule has 9 nitrogen and oxygen atoms in total. The van der Waals surface area contributed by atoms with E-state index in [0.717, 1.165) is 21.4 Å². The van der Waals surface area contributed by atoms with Gasteiger partial charge in [-0.05, 0) is 24.3 Å². The van der Waals surface area contributed by atoms with E-state index in [1.807, 2.05) is 36.4 Å². The monoisotopic (exact) mass is 588 g/mol. The third kappa shape index (κ3) is 5.58. The van der Waals surface area contributed by atoms with E-state index in [2.05, 4.69) is 31.2 Å². The second-order valence-electron chi connectivity index (χ2n) is 8.05. The summed E-state index contributed by atoms with van der Waals surface area (Å²) in [6.07, 6.45) is 0. The molecule has 5 aromatic rings. The van der Waals surface area contributed by atoms with E-state index in [1.54, 1.807) is 35.7 Å². The zero-order chi connectivity index (χ0) is 26.6. The number of nitro benzene ring substituents is 1. The molecule has 2 heterocycles. The average Bonchev–Trinajstić information content (AvgIpc) is 3.40. The van der Waals surface area contributed by atoms with Gasteiger partial charge in [0.15, 0.2) is 11.7 Å². The summed E-state index contributed by atoms with van der Waals surface area (Å²) in [6.45, 7) is -0.519. The molecular weight excluding hydrogens is 572 g/mol. The molecule has 1 amide bonds. The zero-order valence-electron chi connectivity index (χ0n) is 19.5. The Bertz CT molecular complexity index is 1690. The predicted octanol–water partition coefficient (Wildman–Crippen LogP) is 6.49. The average molecular weight is 589 g/mol. The van der Waals surface area contributed by atoms with E-state index >= 15 is 0 Å². The minimum absolute atomic E-state index is 0.0556. The van der Waals surface area contributed by atoms with Gasteiger partial charge in [0.25, 0.3) is 11.6 Å². The Morgan fingerprint density at radius 2 is 1.74 bits per heavy atom. The van der Waals surface area contributed by atoms with Crippen molar-refractivity contribution in [1.29, 1.82) is 0 Å². The van der Waals surface area contributed by atoms with Crippen LogP contribution in [-0.2, 0) is 9.53 Å². The van der Waals surface area contributed by atoms with Crippen molar-refractivity contribution in [2.45, 2.75) is 0 Å². The van der Waals surface area contributed by atoms with Crippen molar-refractivity contribution in [3.05, 3.63) is 104 Å². The number of anilines is 1. The number of rotatable bonds is 7. The molecule has 5 rings (SSSR count). The fraction of sp³-hybridized carbons (Fsp3) is 0.0370. The molecular formula is C27H17BrN4O5S. The number of thiazole rings is 1. The van der Waals surface area contributed by atoms with Gasteiger partial charge in [0.05, 0.1) is 27.4 Å². The molecule has 0 aliphatic heterocycles. The highest BCUT2D eigenvalue weighted by molar-refractivity contribution is 9.10. The normalized spacial score (nSPS) is 10.8. The lowest BCUT2D eigenvalue weighted by Crippen LogP contribution is -2.21. The maximum absolute atomic E-state index is 13.0. The molecule has 0 bridgehead atoms. The number of non-ortho nitro benzene ring substituents is 1. The van der Waals surface area contributed by atoms with Crippen LogP contribution in [0.15, 0.2) is 88.7 Å². The molecule has 1 N–H and O–H groups in total. The molecule has 0 aliphatic rings. The number of hydrogen-bond donors (Lipinski definition) is 1. The van der Waals surface area contributed by atoms with Crippen molar-refractivity contribution in [3.63, 3.8) is 0 Å². The minimum Gasteiger partial charge on any atom is -0.452 e. The smallest absolute Gasteiger partial charge is 0.339 e. The third-order valence-corrected chi connectivity index (χ3v) is 6.80. The zero-order valence-corrected chi connectivity index (χ0v) is 21.9. The van der Waals surface area contributed by atoms with Gasteiger partial charge in [-0.1, -0.05) is 58.4 Å². The van der Waals surface area contributed by atoms with Crippen LogP contribution >= 0.6 is 27.3 Å². The van der Waals surface area contributed by atoms with Crippen molar-refractivity contribution >= 4 is 60.9 Å². The van der Waals surface area contributed by atoms with Crippen molar-refractivity contribution in [2.24, 2.45) is 0 Å². The fourth-order valence-electron chi connectivity index (χ4n) is 3.72. The number of halogens is 1. The molecule has 0 fully saturated rings. The fourth-order valence-corrected chi connectivity index (χ4v) is 4.72. The number of carbonyl (C=O) groups excluding carboxylic acids is 2. The van der Waals surface area contributed by atoms with E-state index in [0.29, 0.717) is 33.4 Å². The summed E-state index contributed by atoms with van der Waals surface area (Å²) in [6, 6.07) is 22.5. The van der Waals surface area contributed by atoms with Crippen LogP contribution in [0.1, 0.15) is 10.4 Å². The van der Waals surface area contributed by atoms with Crippen LogP contribution in [0.2, 0.25) is 0 Å². The standard InChI is InChI=1S/C27H17BrN4O5S/c28-18-10-8-16(9-11-18)23-13-21(20-6-1-2-7-22(20)29-23)26(34)37-14-25(33)31-27-30-24(15-38-27)17-4-3-5-19(12-17)32(35)36/h1-13,15H,14H2,(H,30,31,33).